The average molecular weight is 297 g/mol. The Morgan fingerprint density at radius 1 is 1.19 bits per heavy atom. The molecule has 1 aromatic carbocycles. The Bertz CT molecular complexity index is 639. The molecule has 0 radical (unpaired) electrons. The first-order valence-corrected chi connectivity index (χ1v) is 5.78. The number of hydrogen-bond acceptors (Lipinski definition) is 4. The number of halogens is 3. The fourth-order valence-corrected chi connectivity index (χ4v) is 1.74. The molecule has 4 nitrogen and oxygen atoms in total. The molecule has 7 heteroatoms. The molecule has 0 saturated carbocycles. The normalized spacial score (nSPS) is 11.0. The number of pyridine rings is 1. The van der Waals surface area contributed by atoms with Crippen LogP contribution in [0.15, 0.2) is 36.5 Å². The minimum atomic E-state index is -4.74. The number of hydrogen-bond donors (Lipinski definition) is 0. The molecule has 2 aromatic rings. The van der Waals surface area contributed by atoms with Crippen molar-refractivity contribution in [2.75, 3.05) is 7.11 Å². The maximum atomic E-state index is 12.1. The van der Waals surface area contributed by atoms with Gasteiger partial charge in [-0.25, -0.2) is 4.98 Å². The van der Waals surface area contributed by atoms with Gasteiger partial charge >= 0.3 is 6.36 Å². The number of methoxy groups -OCH3 is 1. The Morgan fingerprint density at radius 3 is 2.38 bits per heavy atom. The zero-order chi connectivity index (χ0) is 15.5. The summed E-state index contributed by atoms with van der Waals surface area (Å²) in [7, 11) is 1.41. The lowest BCUT2D eigenvalue weighted by Gasteiger charge is -2.11. The van der Waals surface area contributed by atoms with Gasteiger partial charge in [-0.2, -0.15) is 0 Å². The lowest BCUT2D eigenvalue weighted by Crippen LogP contribution is -2.16. The van der Waals surface area contributed by atoms with Crippen molar-refractivity contribution in [2.45, 2.75) is 6.36 Å². The molecule has 0 aliphatic rings. The van der Waals surface area contributed by atoms with Crippen LogP contribution in [0.25, 0.3) is 11.1 Å². The highest BCUT2D eigenvalue weighted by Gasteiger charge is 2.31. The van der Waals surface area contributed by atoms with E-state index in [2.05, 4.69) is 9.72 Å². The third-order valence-electron chi connectivity index (χ3n) is 2.60. The zero-order valence-corrected chi connectivity index (χ0v) is 10.8. The monoisotopic (exact) mass is 297 g/mol. The maximum Gasteiger partial charge on any atom is 0.573 e. The maximum absolute atomic E-state index is 12.1. The second kappa shape index (κ2) is 5.82. The first-order valence-electron chi connectivity index (χ1n) is 5.78. The molecular weight excluding hydrogens is 287 g/mol. The van der Waals surface area contributed by atoms with Crippen LogP contribution < -0.4 is 9.47 Å². The van der Waals surface area contributed by atoms with E-state index in [1.54, 1.807) is 6.07 Å². The fraction of sp³-hybridized carbons (Fsp3) is 0.143. The molecule has 0 fully saturated rings. The van der Waals surface area contributed by atoms with Gasteiger partial charge in [-0.1, -0.05) is 12.1 Å². The van der Waals surface area contributed by atoms with Gasteiger partial charge in [0.05, 0.1) is 7.11 Å². The van der Waals surface area contributed by atoms with Gasteiger partial charge in [0, 0.05) is 17.3 Å². The summed E-state index contributed by atoms with van der Waals surface area (Å²) >= 11 is 0. The van der Waals surface area contributed by atoms with Gasteiger partial charge in [-0.3, -0.25) is 4.79 Å². The molecule has 1 heterocycles. The molecule has 2 rings (SSSR count). The number of ether oxygens (including phenoxy) is 2. The van der Waals surface area contributed by atoms with Gasteiger partial charge in [-0.05, 0) is 23.8 Å². The summed E-state index contributed by atoms with van der Waals surface area (Å²) in [5.74, 6) is -0.0604. The van der Waals surface area contributed by atoms with E-state index < -0.39 is 6.36 Å². The van der Waals surface area contributed by atoms with Crippen LogP contribution in [0.1, 0.15) is 10.4 Å². The molecular formula is C14H10F3NO3. The van der Waals surface area contributed by atoms with E-state index in [1.807, 2.05) is 0 Å². The second-order valence-electron chi connectivity index (χ2n) is 4.02. The summed E-state index contributed by atoms with van der Waals surface area (Å²) in [5.41, 5.74) is 1.39. The van der Waals surface area contributed by atoms with Crippen LogP contribution in [0.2, 0.25) is 0 Å². The summed E-state index contributed by atoms with van der Waals surface area (Å²) in [4.78, 5) is 14.7. The first-order chi connectivity index (χ1) is 9.93. The lowest BCUT2D eigenvalue weighted by atomic mass is 10.1. The van der Waals surface area contributed by atoms with Gasteiger partial charge in [0.1, 0.15) is 5.75 Å². The van der Waals surface area contributed by atoms with E-state index in [1.165, 1.54) is 37.6 Å². The minimum absolute atomic E-state index is 0.269. The lowest BCUT2D eigenvalue weighted by molar-refractivity contribution is -0.274. The van der Waals surface area contributed by atoms with Crippen molar-refractivity contribution in [1.82, 2.24) is 4.98 Å². The fourth-order valence-electron chi connectivity index (χ4n) is 1.74. The molecule has 1 aromatic heterocycles. The number of aromatic nitrogens is 1. The predicted molar refractivity (Wildman–Crippen MR) is 68.3 cm³/mol. The van der Waals surface area contributed by atoms with E-state index >= 15 is 0 Å². The number of benzene rings is 1. The average Bonchev–Trinajstić information content (AvgIpc) is 2.45. The second-order valence-corrected chi connectivity index (χ2v) is 4.02. The molecule has 21 heavy (non-hydrogen) atoms. The van der Waals surface area contributed by atoms with Crippen LogP contribution >= 0.6 is 0 Å². The summed E-state index contributed by atoms with van der Waals surface area (Å²) in [5, 5.41) is 0. The van der Waals surface area contributed by atoms with Crippen molar-refractivity contribution in [2.24, 2.45) is 0 Å². The number of aldehydes is 1. The molecule has 110 valence electrons. The summed E-state index contributed by atoms with van der Waals surface area (Å²) in [6.07, 6.45) is -2.77. The van der Waals surface area contributed by atoms with E-state index in [0.29, 0.717) is 23.0 Å². The quantitative estimate of drug-likeness (QED) is 0.811. The third kappa shape index (κ3) is 3.71. The number of nitrogens with zero attached hydrogens (tertiary/aromatic N) is 1. The van der Waals surface area contributed by atoms with Crippen LogP contribution in [-0.4, -0.2) is 24.7 Å². The van der Waals surface area contributed by atoms with Crippen molar-refractivity contribution in [3.63, 3.8) is 0 Å². The minimum Gasteiger partial charge on any atom is -0.481 e. The topological polar surface area (TPSA) is 48.4 Å². The highest BCUT2D eigenvalue weighted by molar-refractivity contribution is 5.80. The highest BCUT2D eigenvalue weighted by Crippen LogP contribution is 2.31. The van der Waals surface area contributed by atoms with Crippen molar-refractivity contribution in [3.05, 3.63) is 42.1 Å². The van der Waals surface area contributed by atoms with Gasteiger partial charge < -0.3 is 9.47 Å². The molecule has 0 aliphatic heterocycles. The van der Waals surface area contributed by atoms with Gasteiger partial charge in [0.15, 0.2) is 6.29 Å². The Morgan fingerprint density at radius 2 is 1.86 bits per heavy atom. The van der Waals surface area contributed by atoms with Crippen LogP contribution in [0.4, 0.5) is 13.2 Å². The van der Waals surface area contributed by atoms with E-state index in [9.17, 15) is 18.0 Å². The highest BCUT2D eigenvalue weighted by atomic mass is 19.4. The van der Waals surface area contributed by atoms with Crippen molar-refractivity contribution in [1.29, 1.82) is 0 Å². The Hall–Kier alpha value is -2.57. The summed E-state index contributed by atoms with van der Waals surface area (Å²) in [6, 6.07) is 6.74. The largest absolute Gasteiger partial charge is 0.573 e. The number of alkyl halides is 3. The van der Waals surface area contributed by atoms with Gasteiger partial charge in [0.2, 0.25) is 5.88 Å². The molecule has 0 spiro atoms. The third-order valence-corrected chi connectivity index (χ3v) is 2.60. The predicted octanol–water partition coefficient (Wildman–Crippen LogP) is 3.47. The molecule has 0 unspecified atom stereocenters. The van der Waals surface area contributed by atoms with Crippen molar-refractivity contribution >= 4 is 6.29 Å². The number of carbonyl (C=O) groups is 1. The molecule has 0 bridgehead atoms. The van der Waals surface area contributed by atoms with Gasteiger partial charge in [0.25, 0.3) is 0 Å². The number of rotatable bonds is 4. The first kappa shape index (κ1) is 14.8. The number of carbonyl (C=O) groups excluding carboxylic acids is 1. The SMILES string of the molecule is COc1ncc(C=O)cc1-c1ccc(OC(F)(F)F)cc1. The summed E-state index contributed by atoms with van der Waals surface area (Å²) in [6.45, 7) is 0. The van der Waals surface area contributed by atoms with Crippen LogP contribution in [0.3, 0.4) is 0 Å². The zero-order valence-electron chi connectivity index (χ0n) is 10.8. The molecule has 0 amide bonds. The van der Waals surface area contributed by atoms with E-state index in [0.717, 1.165) is 0 Å². The molecule has 0 saturated heterocycles. The van der Waals surface area contributed by atoms with Gasteiger partial charge in [-0.15, -0.1) is 13.2 Å². The van der Waals surface area contributed by atoms with E-state index in [4.69, 9.17) is 4.74 Å². The van der Waals surface area contributed by atoms with Crippen molar-refractivity contribution < 1.29 is 27.4 Å². The Balaban J connectivity index is 2.36. The smallest absolute Gasteiger partial charge is 0.481 e. The molecule has 0 atom stereocenters. The van der Waals surface area contributed by atoms with Crippen LogP contribution in [0.5, 0.6) is 11.6 Å². The standard InChI is InChI=1S/C14H10F3NO3/c1-20-13-12(6-9(8-19)7-18-13)10-2-4-11(5-3-10)21-14(15,16)17/h2-8H,1H3. The Kier molecular flexibility index (Phi) is 4.11. The molecule has 0 aliphatic carbocycles. The van der Waals surface area contributed by atoms with Crippen LogP contribution in [0, 0.1) is 0 Å². The Labute approximate surface area is 118 Å². The van der Waals surface area contributed by atoms with Crippen LogP contribution in [-0.2, 0) is 0 Å². The molecule has 0 N–H and O–H groups in total. The van der Waals surface area contributed by atoms with Crippen molar-refractivity contribution in [3.8, 4) is 22.8 Å². The summed E-state index contributed by atoms with van der Waals surface area (Å²) < 4.78 is 45.1. The van der Waals surface area contributed by atoms with E-state index in [-0.39, 0.29) is 11.6 Å².